The van der Waals surface area contributed by atoms with E-state index >= 15 is 0 Å². The van der Waals surface area contributed by atoms with Crippen LogP contribution in [0.15, 0.2) is 64.4 Å². The lowest BCUT2D eigenvalue weighted by Gasteiger charge is -2.43. The molecular formula is C29H26N2O6S2. The number of ether oxygens (including phenoxy) is 2. The van der Waals surface area contributed by atoms with E-state index in [1.807, 2.05) is 48.5 Å². The zero-order chi connectivity index (χ0) is 26.8. The van der Waals surface area contributed by atoms with Gasteiger partial charge >= 0.3 is 10.8 Å². The van der Waals surface area contributed by atoms with Crippen molar-refractivity contribution < 1.29 is 23.9 Å². The number of aromatic amines is 1. The molecular weight excluding hydrogens is 536 g/mol. The molecule has 39 heavy (non-hydrogen) atoms. The van der Waals surface area contributed by atoms with E-state index in [2.05, 4.69) is 11.1 Å². The van der Waals surface area contributed by atoms with Gasteiger partial charge in [0.2, 0.25) is 11.8 Å². The predicted octanol–water partition coefficient (Wildman–Crippen LogP) is 4.27. The van der Waals surface area contributed by atoms with Crippen molar-refractivity contribution in [1.29, 1.82) is 0 Å². The maximum absolute atomic E-state index is 13.6. The molecule has 1 N–H and O–H groups in total. The van der Waals surface area contributed by atoms with Gasteiger partial charge in [0.15, 0.2) is 0 Å². The van der Waals surface area contributed by atoms with Crippen molar-refractivity contribution in [3.63, 3.8) is 0 Å². The second kappa shape index (κ2) is 9.38. The number of nitrogens with one attached hydrogen (secondary N) is 1. The molecule has 3 heterocycles. The minimum absolute atomic E-state index is 0.00134. The Balaban J connectivity index is 1.25. The molecule has 2 aromatic carbocycles. The summed E-state index contributed by atoms with van der Waals surface area (Å²) >= 11 is 2.87. The van der Waals surface area contributed by atoms with Crippen LogP contribution in [0.2, 0.25) is 0 Å². The lowest BCUT2D eigenvalue weighted by molar-refractivity contribution is -0.153. The Morgan fingerprint density at radius 1 is 1.00 bits per heavy atom. The first-order valence-electron chi connectivity index (χ1n) is 13.2. The number of carbonyl (C=O) groups excluding carboxylic acids is 3. The van der Waals surface area contributed by atoms with Gasteiger partial charge in [0, 0.05) is 16.0 Å². The van der Waals surface area contributed by atoms with Crippen LogP contribution in [-0.2, 0) is 19.1 Å². The van der Waals surface area contributed by atoms with Gasteiger partial charge in [-0.15, -0.1) is 11.8 Å². The molecule has 200 valence electrons. The van der Waals surface area contributed by atoms with Gasteiger partial charge in [-0.05, 0) is 60.9 Å². The number of thiazole rings is 1. The molecule has 1 aromatic heterocycles. The van der Waals surface area contributed by atoms with Gasteiger partial charge in [-0.2, -0.15) is 0 Å². The van der Waals surface area contributed by atoms with Crippen LogP contribution in [0, 0.1) is 29.6 Å². The van der Waals surface area contributed by atoms with Crippen molar-refractivity contribution in [2.75, 3.05) is 13.2 Å². The Kier molecular flexibility index (Phi) is 5.93. The minimum atomic E-state index is -0.564. The first kappa shape index (κ1) is 24.7. The number of hydrogen-bond acceptors (Lipinski definition) is 8. The van der Waals surface area contributed by atoms with E-state index in [0.29, 0.717) is 5.75 Å². The molecule has 2 bridgehead atoms. The SMILES string of the molecule is CCOC(=O)CN1C(=O)C2C3CC(C2C1=O)C1C(c2cccc(Oc4ccccc4)c2)c2sc(=O)[nH]c2SC31. The summed E-state index contributed by atoms with van der Waals surface area (Å²) in [7, 11) is 0. The van der Waals surface area contributed by atoms with Crippen LogP contribution >= 0.6 is 23.1 Å². The topological polar surface area (TPSA) is 106 Å². The molecule has 10 heteroatoms. The Labute approximate surface area is 232 Å². The monoisotopic (exact) mass is 562 g/mol. The number of aromatic nitrogens is 1. The highest BCUT2D eigenvalue weighted by Gasteiger charge is 2.69. The molecule has 1 saturated heterocycles. The van der Waals surface area contributed by atoms with E-state index < -0.39 is 17.8 Å². The van der Waals surface area contributed by atoms with Crippen LogP contribution in [0.25, 0.3) is 0 Å². The number of benzene rings is 2. The number of carbonyl (C=O) groups is 3. The number of thioether (sulfide) groups is 1. The van der Waals surface area contributed by atoms with Gasteiger partial charge in [0.1, 0.15) is 18.0 Å². The first-order valence-corrected chi connectivity index (χ1v) is 14.9. The zero-order valence-electron chi connectivity index (χ0n) is 21.1. The Hall–Kier alpha value is -3.37. The van der Waals surface area contributed by atoms with Crippen molar-refractivity contribution in [2.24, 2.45) is 29.6 Å². The lowest BCUT2D eigenvalue weighted by atomic mass is 9.68. The molecule has 8 nitrogen and oxygen atoms in total. The molecule has 2 aliphatic heterocycles. The largest absolute Gasteiger partial charge is 0.465 e. The number of imide groups is 1. The fraction of sp³-hybridized carbons (Fsp3) is 0.379. The van der Waals surface area contributed by atoms with Crippen molar-refractivity contribution in [2.45, 2.75) is 29.5 Å². The van der Waals surface area contributed by atoms with E-state index in [0.717, 1.165) is 32.5 Å². The van der Waals surface area contributed by atoms with Gasteiger partial charge in [0.05, 0.1) is 23.5 Å². The number of H-pyrrole nitrogens is 1. The van der Waals surface area contributed by atoms with Gasteiger partial charge in [0.25, 0.3) is 0 Å². The Morgan fingerprint density at radius 2 is 1.74 bits per heavy atom. The molecule has 0 radical (unpaired) electrons. The van der Waals surface area contributed by atoms with Crippen LogP contribution in [0.4, 0.5) is 0 Å². The van der Waals surface area contributed by atoms with Crippen LogP contribution in [-0.4, -0.2) is 46.1 Å². The predicted molar refractivity (Wildman–Crippen MR) is 145 cm³/mol. The molecule has 3 aromatic rings. The van der Waals surface area contributed by atoms with Crippen molar-refractivity contribution in [3.8, 4) is 11.5 Å². The minimum Gasteiger partial charge on any atom is -0.465 e. The number of fused-ring (bicyclic) bond motifs is 9. The maximum atomic E-state index is 13.6. The standard InChI is InChI=1S/C29H26N2O6S2/c1-2-36-19(32)13-31-27(33)22-17-12-18(23(22)28(31)34)24-21(17)20(25-26(38-24)30-29(35)39-25)14-7-6-10-16(11-14)37-15-8-4-3-5-9-15/h3-11,17-18,20-24H,2,12-13H2,1H3,(H,30,35). The van der Waals surface area contributed by atoms with Gasteiger partial charge in [-0.25, -0.2) is 0 Å². The quantitative estimate of drug-likeness (QED) is 0.353. The van der Waals surface area contributed by atoms with Crippen molar-refractivity contribution >= 4 is 40.9 Å². The second-order valence-electron chi connectivity index (χ2n) is 10.5. The molecule has 7 atom stereocenters. The number of amides is 2. The first-order chi connectivity index (χ1) is 18.9. The van der Waals surface area contributed by atoms with Crippen molar-refractivity contribution in [1.82, 2.24) is 9.88 Å². The summed E-state index contributed by atoms with van der Waals surface area (Å²) in [5.41, 5.74) is 1.03. The number of rotatable bonds is 6. The number of esters is 1. The lowest BCUT2D eigenvalue weighted by Crippen LogP contribution is -2.42. The summed E-state index contributed by atoms with van der Waals surface area (Å²) in [6, 6.07) is 17.5. The number of hydrogen-bond donors (Lipinski definition) is 1. The number of nitrogens with zero attached hydrogens (tertiary/aromatic N) is 1. The Bertz CT molecular complexity index is 1530. The summed E-state index contributed by atoms with van der Waals surface area (Å²) in [6.07, 6.45) is 0.790. The van der Waals surface area contributed by atoms with Crippen LogP contribution in [0.5, 0.6) is 11.5 Å². The number of likely N-dealkylation sites (tertiary alicyclic amines) is 1. The van der Waals surface area contributed by atoms with E-state index in [9.17, 15) is 19.2 Å². The van der Waals surface area contributed by atoms with E-state index in [4.69, 9.17) is 9.47 Å². The average molecular weight is 563 g/mol. The van der Waals surface area contributed by atoms with Crippen molar-refractivity contribution in [3.05, 3.63) is 74.7 Å². The molecule has 7 unspecified atom stereocenters. The molecule has 2 aliphatic carbocycles. The van der Waals surface area contributed by atoms with Crippen LogP contribution in [0.1, 0.15) is 29.7 Å². The fourth-order valence-corrected chi connectivity index (χ4v) is 10.2. The summed E-state index contributed by atoms with van der Waals surface area (Å²) in [5, 5.41) is 0.937. The molecule has 7 rings (SSSR count). The fourth-order valence-electron chi connectivity index (χ4n) is 7.34. The van der Waals surface area contributed by atoms with E-state index in [-0.39, 0.29) is 58.8 Å². The summed E-state index contributed by atoms with van der Waals surface area (Å²) in [5.74, 6) is -0.564. The third-order valence-corrected chi connectivity index (χ3v) is 11.2. The highest BCUT2D eigenvalue weighted by atomic mass is 32.2. The highest BCUT2D eigenvalue weighted by molar-refractivity contribution is 8.00. The molecule has 2 amide bonds. The van der Waals surface area contributed by atoms with E-state index in [1.54, 1.807) is 18.7 Å². The normalized spacial score (nSPS) is 30.2. The third kappa shape index (κ3) is 3.87. The molecule has 4 aliphatic rings. The summed E-state index contributed by atoms with van der Waals surface area (Å²) in [4.78, 5) is 56.7. The summed E-state index contributed by atoms with van der Waals surface area (Å²) < 4.78 is 11.2. The second-order valence-corrected chi connectivity index (χ2v) is 12.7. The highest BCUT2D eigenvalue weighted by Crippen LogP contribution is 2.68. The smallest absolute Gasteiger partial charge is 0.326 e. The van der Waals surface area contributed by atoms with Gasteiger partial charge < -0.3 is 14.5 Å². The van der Waals surface area contributed by atoms with Gasteiger partial charge in [-0.1, -0.05) is 41.7 Å². The molecule has 3 fully saturated rings. The summed E-state index contributed by atoms with van der Waals surface area (Å²) in [6.45, 7) is 1.57. The van der Waals surface area contributed by atoms with E-state index in [1.165, 1.54) is 11.3 Å². The molecule has 0 spiro atoms. The zero-order valence-corrected chi connectivity index (χ0v) is 22.7. The molecule has 2 saturated carbocycles. The average Bonchev–Trinajstić information content (AvgIpc) is 3.65. The maximum Gasteiger partial charge on any atom is 0.326 e. The number of para-hydroxylation sites is 1. The van der Waals surface area contributed by atoms with Crippen LogP contribution in [0.3, 0.4) is 0 Å². The Morgan fingerprint density at radius 3 is 2.51 bits per heavy atom. The van der Waals surface area contributed by atoms with Crippen LogP contribution < -0.4 is 9.61 Å². The van der Waals surface area contributed by atoms with Gasteiger partial charge in [-0.3, -0.25) is 24.1 Å². The third-order valence-electron chi connectivity index (χ3n) is 8.60.